The molecule has 2 heterocycles. The molecule has 5 N–H and O–H groups in total. The van der Waals surface area contributed by atoms with Gasteiger partial charge in [0, 0.05) is 17.2 Å². The van der Waals surface area contributed by atoms with Gasteiger partial charge in [0.2, 0.25) is 17.6 Å². The number of amides is 5. The van der Waals surface area contributed by atoms with Gasteiger partial charge in [-0.05, 0) is 60.8 Å². The number of carbonyl (C=O) groups excluding carboxylic acids is 5. The second-order valence-corrected chi connectivity index (χ2v) is 16.7. The number of hydrogen-bond acceptors (Lipinski definition) is 7. The Hall–Kier alpha value is -3.02. The number of nitrogens with zero attached hydrogens (tertiary/aromatic N) is 1. The first-order valence-corrected chi connectivity index (χ1v) is 17.7. The van der Waals surface area contributed by atoms with Gasteiger partial charge >= 0.3 is 6.03 Å². The molecule has 4 fully saturated rings. The van der Waals surface area contributed by atoms with Crippen LogP contribution in [0.3, 0.4) is 0 Å². The highest BCUT2D eigenvalue weighted by Crippen LogP contribution is 2.65. The number of ketones is 1. The van der Waals surface area contributed by atoms with Crippen LogP contribution in [0.25, 0.3) is 0 Å². The van der Waals surface area contributed by atoms with Crippen LogP contribution in [-0.4, -0.2) is 70.4 Å². The number of piperidine rings is 1. The summed E-state index contributed by atoms with van der Waals surface area (Å²) in [5, 5.41) is 9.09. The number of nitrogens with two attached hydrogens (primary N) is 1. The van der Waals surface area contributed by atoms with E-state index < -0.39 is 52.7 Å². The average Bonchev–Trinajstić information content (AvgIpc) is 3.74. The summed E-state index contributed by atoms with van der Waals surface area (Å²) in [5.41, 5.74) is 4.09. The fourth-order valence-electron chi connectivity index (χ4n) is 7.66. The molecule has 1 aromatic heterocycles. The molecule has 3 aliphatic carbocycles. The Kier molecular flexibility index (Phi) is 9.61. The minimum atomic E-state index is -1.08. The monoisotopic (exact) mass is 657 g/mol. The summed E-state index contributed by atoms with van der Waals surface area (Å²) in [6, 6.07) is -1.18. The fourth-order valence-corrected chi connectivity index (χ4v) is 8.85. The number of furan rings is 1. The Bertz CT molecular complexity index is 1360. The number of urea groups is 1. The third kappa shape index (κ3) is 7.26. The number of nitrogens with one attached hydrogen (secondary N) is 3. The molecule has 0 spiro atoms. The summed E-state index contributed by atoms with van der Waals surface area (Å²) in [7, 11) is 0. The van der Waals surface area contributed by atoms with Gasteiger partial charge in [-0.15, -0.1) is 11.8 Å². The molecule has 1 aromatic rings. The van der Waals surface area contributed by atoms with Gasteiger partial charge in [-0.3, -0.25) is 19.2 Å². The third-order valence-corrected chi connectivity index (χ3v) is 12.2. The van der Waals surface area contributed by atoms with Gasteiger partial charge in [-0.2, -0.15) is 0 Å². The molecule has 12 heteroatoms. The van der Waals surface area contributed by atoms with Crippen LogP contribution in [0.2, 0.25) is 0 Å². The maximum atomic E-state index is 14.4. The Labute approximate surface area is 276 Å². The van der Waals surface area contributed by atoms with E-state index in [0.29, 0.717) is 18.7 Å². The summed E-state index contributed by atoms with van der Waals surface area (Å²) >= 11 is 1.67. The van der Waals surface area contributed by atoms with Crippen LogP contribution in [0.15, 0.2) is 21.6 Å². The van der Waals surface area contributed by atoms with E-state index >= 15 is 0 Å². The Balaban J connectivity index is 1.31. The summed E-state index contributed by atoms with van der Waals surface area (Å²) in [6.45, 7) is 12.2. The van der Waals surface area contributed by atoms with Crippen molar-refractivity contribution in [3.63, 3.8) is 0 Å². The average molecular weight is 658 g/mol. The number of hydrogen-bond donors (Lipinski definition) is 4. The van der Waals surface area contributed by atoms with Crippen molar-refractivity contribution in [2.45, 2.75) is 121 Å². The molecule has 3 unspecified atom stereocenters. The molecule has 46 heavy (non-hydrogen) atoms. The lowest BCUT2D eigenvalue weighted by molar-refractivity contribution is -0.145. The first-order valence-electron chi connectivity index (χ1n) is 16.7. The molecule has 254 valence electrons. The maximum Gasteiger partial charge on any atom is 0.315 e. The minimum absolute atomic E-state index is 0.0925. The van der Waals surface area contributed by atoms with E-state index in [1.807, 2.05) is 33.8 Å². The van der Waals surface area contributed by atoms with Crippen LogP contribution >= 0.6 is 11.8 Å². The summed E-state index contributed by atoms with van der Waals surface area (Å²) in [4.78, 5) is 69.1. The van der Waals surface area contributed by atoms with Crippen molar-refractivity contribution >= 4 is 41.3 Å². The lowest BCUT2D eigenvalue weighted by atomic mass is 9.83. The predicted molar refractivity (Wildman–Crippen MR) is 175 cm³/mol. The second kappa shape index (κ2) is 12.9. The molecule has 0 aromatic carbocycles. The highest BCUT2D eigenvalue weighted by atomic mass is 32.2. The number of rotatable bonds is 12. The molecule has 5 rings (SSSR count). The summed E-state index contributed by atoms with van der Waals surface area (Å²) < 4.78 is 5.47. The Morgan fingerprint density at radius 3 is 2.33 bits per heavy atom. The van der Waals surface area contributed by atoms with Crippen molar-refractivity contribution < 1.29 is 28.4 Å². The van der Waals surface area contributed by atoms with E-state index in [9.17, 15) is 24.0 Å². The molecule has 0 bridgehead atoms. The largest absolute Gasteiger partial charge is 0.468 e. The van der Waals surface area contributed by atoms with E-state index in [1.54, 1.807) is 22.9 Å². The Morgan fingerprint density at radius 2 is 1.76 bits per heavy atom. The van der Waals surface area contributed by atoms with Crippen LogP contribution in [0.1, 0.15) is 91.7 Å². The second-order valence-electron chi connectivity index (χ2n) is 15.7. The number of likely N-dealkylation sites (tertiary alicyclic amines) is 1. The molecular weight excluding hydrogens is 606 g/mol. The first-order chi connectivity index (χ1) is 21.5. The van der Waals surface area contributed by atoms with E-state index in [0.717, 1.165) is 55.6 Å². The standard InChI is InChI=1S/C34H51N5O6S/c1-19-23(12-15-45-19)46-18-34(13-8-7-9-14-34)38-31(44)37-27(32(2,3)4)30(43)39-17-21-24(33(21,5)6)25(39)29(42)36-22(16-20-10-11-20)26(40)28(35)41/h12,15,20-22,24-25,27H,7-11,13-14,16-18H2,1-6H3,(H2,35,41)(H,36,42)(H2,37,38,44)/t21?,22?,24?,25-,27+/m0/s1. The number of carbonyl (C=O) groups is 5. The zero-order chi connectivity index (χ0) is 33.6. The number of primary amides is 1. The normalized spacial score (nSPS) is 26.0. The molecule has 5 amide bonds. The quantitative estimate of drug-likeness (QED) is 0.196. The number of aryl methyl sites for hydroxylation is 1. The number of thioether (sulfide) groups is 1. The lowest BCUT2D eigenvalue weighted by Crippen LogP contribution is -2.63. The van der Waals surface area contributed by atoms with E-state index in [1.165, 1.54) is 0 Å². The van der Waals surface area contributed by atoms with E-state index in [2.05, 4.69) is 29.8 Å². The lowest BCUT2D eigenvalue weighted by Gasteiger charge is -2.40. The topological polar surface area (TPSA) is 164 Å². The van der Waals surface area contributed by atoms with Crippen molar-refractivity contribution in [2.24, 2.45) is 34.3 Å². The van der Waals surface area contributed by atoms with Crippen molar-refractivity contribution in [3.05, 3.63) is 18.1 Å². The SMILES string of the molecule is Cc1occc1SCC1(NC(=O)N[C@H](C(=O)N2CC3C([C@H]2C(=O)NC(CC2CC2)C(=O)C(N)=O)C3(C)C)C(C)(C)C)CCCCC1. The van der Waals surface area contributed by atoms with Gasteiger partial charge in [0.15, 0.2) is 0 Å². The van der Waals surface area contributed by atoms with Crippen LogP contribution in [0.4, 0.5) is 4.79 Å². The Morgan fingerprint density at radius 1 is 1.09 bits per heavy atom. The molecule has 3 saturated carbocycles. The highest BCUT2D eigenvalue weighted by Gasteiger charge is 2.70. The van der Waals surface area contributed by atoms with Gasteiger partial charge in [0.05, 0.1) is 17.8 Å². The molecule has 11 nitrogen and oxygen atoms in total. The smallest absolute Gasteiger partial charge is 0.315 e. The molecule has 4 aliphatic rings. The number of Topliss-reactive ketones (excluding diaryl/α,β-unsaturated/α-hetero) is 1. The maximum absolute atomic E-state index is 14.4. The van der Waals surface area contributed by atoms with Gasteiger partial charge in [-0.1, -0.05) is 66.7 Å². The van der Waals surface area contributed by atoms with Crippen LogP contribution in [0, 0.1) is 35.5 Å². The predicted octanol–water partition coefficient (Wildman–Crippen LogP) is 3.92. The summed E-state index contributed by atoms with van der Waals surface area (Å²) in [6.07, 6.45) is 8.74. The van der Waals surface area contributed by atoms with Crippen LogP contribution < -0.4 is 21.7 Å². The van der Waals surface area contributed by atoms with Gasteiger partial charge in [0.25, 0.3) is 5.91 Å². The minimum Gasteiger partial charge on any atom is -0.468 e. The van der Waals surface area contributed by atoms with E-state index in [-0.39, 0.29) is 29.1 Å². The van der Waals surface area contributed by atoms with Crippen molar-refractivity contribution in [2.75, 3.05) is 12.3 Å². The van der Waals surface area contributed by atoms with Gasteiger partial charge in [-0.25, -0.2) is 4.79 Å². The van der Waals surface area contributed by atoms with Crippen molar-refractivity contribution in [1.82, 2.24) is 20.9 Å². The molecule has 1 saturated heterocycles. The van der Waals surface area contributed by atoms with Gasteiger partial charge < -0.3 is 31.0 Å². The zero-order valence-electron chi connectivity index (χ0n) is 28.1. The molecule has 5 atom stereocenters. The molecular formula is C34H51N5O6S. The van der Waals surface area contributed by atoms with Crippen LogP contribution in [-0.2, 0) is 19.2 Å². The van der Waals surface area contributed by atoms with Crippen LogP contribution in [0.5, 0.6) is 0 Å². The highest BCUT2D eigenvalue weighted by molar-refractivity contribution is 7.99. The van der Waals surface area contributed by atoms with Crippen molar-refractivity contribution in [3.8, 4) is 0 Å². The van der Waals surface area contributed by atoms with Crippen molar-refractivity contribution in [1.29, 1.82) is 0 Å². The van der Waals surface area contributed by atoms with E-state index in [4.69, 9.17) is 10.2 Å². The fraction of sp³-hybridized carbons (Fsp3) is 0.735. The van der Waals surface area contributed by atoms with Gasteiger partial charge in [0.1, 0.15) is 17.8 Å². The summed E-state index contributed by atoms with van der Waals surface area (Å²) in [5.74, 6) is -0.839. The zero-order valence-corrected chi connectivity index (χ0v) is 28.9. The number of fused-ring (bicyclic) bond motifs is 1. The molecule has 0 radical (unpaired) electrons. The third-order valence-electron chi connectivity index (χ3n) is 10.8. The first kappa shape index (κ1) is 34.3. The molecule has 1 aliphatic heterocycles.